The van der Waals surface area contributed by atoms with Gasteiger partial charge in [0.05, 0.1) is 19.8 Å². The molecule has 1 aromatic rings. The summed E-state index contributed by atoms with van der Waals surface area (Å²) < 4.78 is 10.6. The lowest BCUT2D eigenvalue weighted by molar-refractivity contribution is -0.0859. The van der Waals surface area contributed by atoms with Crippen LogP contribution in [0.3, 0.4) is 0 Å². The van der Waals surface area contributed by atoms with E-state index in [1.165, 1.54) is 0 Å². The minimum absolute atomic E-state index is 0.280. The molecule has 0 spiro atoms. The predicted molar refractivity (Wildman–Crippen MR) is 63.2 cm³/mol. The summed E-state index contributed by atoms with van der Waals surface area (Å²) in [4.78, 5) is 0. The van der Waals surface area contributed by atoms with Crippen molar-refractivity contribution in [2.24, 2.45) is 0 Å². The molecule has 0 fully saturated rings. The van der Waals surface area contributed by atoms with E-state index < -0.39 is 5.60 Å². The second-order valence-electron chi connectivity index (χ2n) is 4.11. The van der Waals surface area contributed by atoms with Crippen LogP contribution in [0.15, 0.2) is 30.3 Å². The van der Waals surface area contributed by atoms with Crippen LogP contribution in [0.4, 0.5) is 0 Å². The second-order valence-corrected chi connectivity index (χ2v) is 4.11. The third-order valence-corrected chi connectivity index (χ3v) is 2.14. The van der Waals surface area contributed by atoms with E-state index in [0.717, 1.165) is 5.56 Å². The Morgan fingerprint density at radius 2 is 1.75 bits per heavy atom. The van der Waals surface area contributed by atoms with Crippen molar-refractivity contribution in [3.05, 3.63) is 35.9 Å². The summed E-state index contributed by atoms with van der Waals surface area (Å²) in [6.07, 6.45) is 0. The maximum Gasteiger partial charge on any atom is 0.108 e. The van der Waals surface area contributed by atoms with E-state index in [0.29, 0.717) is 19.8 Å². The van der Waals surface area contributed by atoms with Gasteiger partial charge in [-0.25, -0.2) is 0 Å². The van der Waals surface area contributed by atoms with Crippen molar-refractivity contribution in [2.45, 2.75) is 26.1 Å². The predicted octanol–water partition coefficient (Wildman–Crippen LogP) is 1.99. The topological polar surface area (TPSA) is 38.7 Å². The summed E-state index contributed by atoms with van der Waals surface area (Å²) in [6, 6.07) is 9.90. The van der Waals surface area contributed by atoms with Crippen LogP contribution in [-0.2, 0) is 16.1 Å². The molecule has 0 aliphatic carbocycles. The van der Waals surface area contributed by atoms with Gasteiger partial charge < -0.3 is 14.6 Å². The molecule has 16 heavy (non-hydrogen) atoms. The Morgan fingerprint density at radius 3 is 2.38 bits per heavy atom. The van der Waals surface area contributed by atoms with Gasteiger partial charge in [0.15, 0.2) is 0 Å². The highest BCUT2D eigenvalue weighted by molar-refractivity contribution is 5.13. The van der Waals surface area contributed by atoms with Crippen LogP contribution in [0, 0.1) is 0 Å². The van der Waals surface area contributed by atoms with Gasteiger partial charge in [0, 0.05) is 6.61 Å². The molecule has 3 nitrogen and oxygen atoms in total. The van der Waals surface area contributed by atoms with E-state index in [-0.39, 0.29) is 6.61 Å². The summed E-state index contributed by atoms with van der Waals surface area (Å²) in [7, 11) is 0. The van der Waals surface area contributed by atoms with Gasteiger partial charge in [0.1, 0.15) is 5.60 Å². The van der Waals surface area contributed by atoms with Crippen molar-refractivity contribution in [1.29, 1.82) is 0 Å². The van der Waals surface area contributed by atoms with Crippen LogP contribution in [-0.4, -0.2) is 30.5 Å². The van der Waals surface area contributed by atoms with Crippen molar-refractivity contribution < 1.29 is 14.6 Å². The Morgan fingerprint density at radius 1 is 1.12 bits per heavy atom. The number of ether oxygens (including phenoxy) is 2. The highest BCUT2D eigenvalue weighted by Crippen LogP contribution is 2.07. The average Bonchev–Trinajstić information content (AvgIpc) is 2.28. The molecule has 1 aromatic carbocycles. The molecular weight excluding hydrogens is 204 g/mol. The molecule has 0 bridgehead atoms. The van der Waals surface area contributed by atoms with Gasteiger partial charge in [-0.05, 0) is 19.4 Å². The molecule has 0 aliphatic rings. The zero-order chi connectivity index (χ0) is 11.9. The lowest BCUT2D eigenvalue weighted by atomic mass is 10.1. The van der Waals surface area contributed by atoms with E-state index >= 15 is 0 Å². The van der Waals surface area contributed by atoms with Gasteiger partial charge in [-0.2, -0.15) is 0 Å². The third kappa shape index (κ3) is 5.26. The van der Waals surface area contributed by atoms with Crippen LogP contribution in [0.5, 0.6) is 0 Å². The summed E-state index contributed by atoms with van der Waals surface area (Å²) in [5.41, 5.74) is 0.194. The zero-order valence-electron chi connectivity index (χ0n) is 9.98. The van der Waals surface area contributed by atoms with E-state index in [1.807, 2.05) is 37.3 Å². The average molecular weight is 224 g/mol. The van der Waals surface area contributed by atoms with Crippen LogP contribution >= 0.6 is 0 Å². The van der Waals surface area contributed by atoms with Gasteiger partial charge >= 0.3 is 0 Å². The van der Waals surface area contributed by atoms with E-state index in [1.54, 1.807) is 6.92 Å². The number of hydrogen-bond acceptors (Lipinski definition) is 3. The van der Waals surface area contributed by atoms with Gasteiger partial charge in [0.25, 0.3) is 0 Å². The van der Waals surface area contributed by atoms with E-state index in [2.05, 4.69) is 0 Å². The molecule has 1 N–H and O–H groups in total. The minimum atomic E-state index is -0.912. The van der Waals surface area contributed by atoms with Crippen molar-refractivity contribution in [3.63, 3.8) is 0 Å². The SMILES string of the molecule is CCOCC(C)(O)COCc1ccccc1. The molecule has 0 aliphatic heterocycles. The Balaban J connectivity index is 2.24. The molecule has 90 valence electrons. The minimum Gasteiger partial charge on any atom is -0.385 e. The van der Waals surface area contributed by atoms with Crippen molar-refractivity contribution in [1.82, 2.24) is 0 Å². The van der Waals surface area contributed by atoms with Crippen LogP contribution in [0.2, 0.25) is 0 Å². The van der Waals surface area contributed by atoms with Gasteiger partial charge in [-0.15, -0.1) is 0 Å². The molecule has 0 saturated carbocycles. The Bertz CT molecular complexity index is 282. The highest BCUT2D eigenvalue weighted by atomic mass is 16.5. The number of rotatable bonds is 7. The highest BCUT2D eigenvalue weighted by Gasteiger charge is 2.20. The van der Waals surface area contributed by atoms with Gasteiger partial charge in [-0.3, -0.25) is 0 Å². The molecule has 1 unspecified atom stereocenters. The van der Waals surface area contributed by atoms with Crippen LogP contribution in [0.25, 0.3) is 0 Å². The van der Waals surface area contributed by atoms with Crippen LogP contribution < -0.4 is 0 Å². The van der Waals surface area contributed by atoms with Crippen molar-refractivity contribution in [3.8, 4) is 0 Å². The Kier molecular flexibility index (Phi) is 5.46. The van der Waals surface area contributed by atoms with Gasteiger partial charge in [0.2, 0.25) is 0 Å². The fourth-order valence-corrected chi connectivity index (χ4v) is 1.33. The lowest BCUT2D eigenvalue weighted by Crippen LogP contribution is -2.36. The summed E-state index contributed by atoms with van der Waals surface area (Å²) in [6.45, 7) is 5.33. The van der Waals surface area contributed by atoms with Crippen molar-refractivity contribution >= 4 is 0 Å². The molecule has 1 rings (SSSR count). The van der Waals surface area contributed by atoms with Crippen LogP contribution in [0.1, 0.15) is 19.4 Å². The molecule has 3 heteroatoms. The lowest BCUT2D eigenvalue weighted by Gasteiger charge is -2.22. The molecule has 0 amide bonds. The summed E-state index contributed by atoms with van der Waals surface area (Å²) in [5, 5.41) is 9.87. The maximum atomic E-state index is 9.87. The van der Waals surface area contributed by atoms with E-state index in [9.17, 15) is 5.11 Å². The molecule has 1 atom stereocenters. The molecule has 0 aromatic heterocycles. The quantitative estimate of drug-likeness (QED) is 0.769. The number of benzene rings is 1. The standard InChI is InChI=1S/C13H20O3/c1-3-15-10-13(2,14)11-16-9-12-7-5-4-6-8-12/h4-8,14H,3,9-11H2,1-2H3. The molecular formula is C13H20O3. The normalized spacial score (nSPS) is 14.7. The monoisotopic (exact) mass is 224 g/mol. The molecule has 0 radical (unpaired) electrons. The summed E-state index contributed by atoms with van der Waals surface area (Å²) >= 11 is 0. The number of aliphatic hydroxyl groups is 1. The first kappa shape index (κ1) is 13.2. The van der Waals surface area contributed by atoms with Gasteiger partial charge in [-0.1, -0.05) is 30.3 Å². The molecule has 0 heterocycles. The first-order valence-corrected chi connectivity index (χ1v) is 5.56. The van der Waals surface area contributed by atoms with Crippen molar-refractivity contribution in [2.75, 3.05) is 19.8 Å². The number of hydrogen-bond donors (Lipinski definition) is 1. The smallest absolute Gasteiger partial charge is 0.108 e. The third-order valence-electron chi connectivity index (χ3n) is 2.14. The zero-order valence-corrected chi connectivity index (χ0v) is 9.98. The Labute approximate surface area is 97.0 Å². The fraction of sp³-hybridized carbons (Fsp3) is 0.538. The second kappa shape index (κ2) is 6.63. The fourth-order valence-electron chi connectivity index (χ4n) is 1.33. The Hall–Kier alpha value is -0.900. The maximum absolute atomic E-state index is 9.87. The molecule has 0 saturated heterocycles. The first-order chi connectivity index (χ1) is 7.64. The summed E-state index contributed by atoms with van der Waals surface area (Å²) in [5.74, 6) is 0. The largest absolute Gasteiger partial charge is 0.385 e. The van der Waals surface area contributed by atoms with E-state index in [4.69, 9.17) is 9.47 Å². The first-order valence-electron chi connectivity index (χ1n) is 5.56.